The van der Waals surface area contributed by atoms with Crippen LogP contribution in [0.15, 0.2) is 22.7 Å². The van der Waals surface area contributed by atoms with Crippen molar-refractivity contribution in [2.75, 3.05) is 0 Å². The Hall–Kier alpha value is -1.07. The van der Waals surface area contributed by atoms with Crippen molar-refractivity contribution in [1.29, 1.82) is 0 Å². The zero-order chi connectivity index (χ0) is 10.0. The smallest absolute Gasteiger partial charge is 0.337 e. The van der Waals surface area contributed by atoms with Gasteiger partial charge in [0, 0.05) is 10.0 Å². The van der Waals surface area contributed by atoms with E-state index in [1.165, 1.54) is 12.1 Å². The minimum atomic E-state index is -1.70. The van der Waals surface area contributed by atoms with Gasteiger partial charge >= 0.3 is 5.97 Å². The summed E-state index contributed by atoms with van der Waals surface area (Å²) in [4.78, 5) is 10.4. The van der Waals surface area contributed by atoms with Crippen LogP contribution in [0.4, 0.5) is 0 Å². The molecule has 0 fully saturated rings. The van der Waals surface area contributed by atoms with E-state index in [1.54, 1.807) is 6.07 Å². The summed E-state index contributed by atoms with van der Waals surface area (Å²) < 4.78 is 0.598. The van der Waals surface area contributed by atoms with Crippen LogP contribution in [0.1, 0.15) is 11.7 Å². The third-order valence-electron chi connectivity index (χ3n) is 1.52. The summed E-state index contributed by atoms with van der Waals surface area (Å²) in [6, 6.07) is 4.22. The molecule has 0 aromatic heterocycles. The van der Waals surface area contributed by atoms with Gasteiger partial charge in [-0.15, -0.1) is 0 Å². The van der Waals surface area contributed by atoms with Crippen LogP contribution < -0.4 is 0 Å². The number of hydrogen-bond acceptors (Lipinski definition) is 3. The van der Waals surface area contributed by atoms with Crippen LogP contribution in [0.5, 0.6) is 5.75 Å². The van der Waals surface area contributed by atoms with E-state index in [4.69, 9.17) is 10.2 Å². The number of hydrogen-bond donors (Lipinski definition) is 3. The molecule has 1 aromatic carbocycles. The van der Waals surface area contributed by atoms with Crippen molar-refractivity contribution in [3.05, 3.63) is 28.2 Å². The molecule has 1 unspecified atom stereocenters. The topological polar surface area (TPSA) is 77.8 Å². The summed E-state index contributed by atoms with van der Waals surface area (Å²) in [6.45, 7) is 0. The van der Waals surface area contributed by atoms with Crippen LogP contribution >= 0.6 is 15.9 Å². The molecule has 0 heterocycles. The Morgan fingerprint density at radius 1 is 1.46 bits per heavy atom. The number of carbonyl (C=O) groups is 1. The molecule has 0 spiro atoms. The van der Waals surface area contributed by atoms with Crippen molar-refractivity contribution >= 4 is 21.9 Å². The Bertz CT molecular complexity index is 337. The van der Waals surface area contributed by atoms with E-state index in [2.05, 4.69) is 15.9 Å². The fourth-order valence-corrected chi connectivity index (χ4v) is 1.26. The van der Waals surface area contributed by atoms with Gasteiger partial charge in [0.05, 0.1) is 0 Å². The van der Waals surface area contributed by atoms with E-state index in [0.29, 0.717) is 4.47 Å². The highest BCUT2D eigenvalue weighted by Gasteiger charge is 2.19. The lowest BCUT2D eigenvalue weighted by molar-refractivity contribution is -0.147. The maximum atomic E-state index is 10.4. The monoisotopic (exact) mass is 246 g/mol. The molecule has 0 bridgehead atoms. The number of rotatable bonds is 2. The van der Waals surface area contributed by atoms with Gasteiger partial charge in [-0.2, -0.15) is 0 Å². The zero-order valence-electron chi connectivity index (χ0n) is 6.44. The number of phenols is 1. The fraction of sp³-hybridized carbons (Fsp3) is 0.125. The number of carboxylic acids is 1. The minimum Gasteiger partial charge on any atom is -0.508 e. The Labute approximate surface area is 82.6 Å². The lowest BCUT2D eigenvalue weighted by atomic mass is 10.1. The van der Waals surface area contributed by atoms with Crippen molar-refractivity contribution < 1.29 is 20.1 Å². The quantitative estimate of drug-likeness (QED) is 0.735. The molecule has 4 nitrogen and oxygen atoms in total. The SMILES string of the molecule is O=C(O)C(O)c1cc(Br)ccc1O. The molecule has 0 saturated heterocycles. The highest BCUT2D eigenvalue weighted by atomic mass is 79.9. The summed E-state index contributed by atoms with van der Waals surface area (Å²) in [7, 11) is 0. The molecule has 3 N–H and O–H groups in total. The predicted octanol–water partition coefficient (Wildman–Crippen LogP) is 1.27. The first-order chi connectivity index (χ1) is 6.02. The highest BCUT2D eigenvalue weighted by molar-refractivity contribution is 9.10. The summed E-state index contributed by atoms with van der Waals surface area (Å²) in [6.07, 6.45) is -1.70. The average Bonchev–Trinajstić information content (AvgIpc) is 2.08. The number of aliphatic carboxylic acids is 1. The third kappa shape index (κ3) is 2.19. The Morgan fingerprint density at radius 3 is 2.62 bits per heavy atom. The maximum absolute atomic E-state index is 10.4. The van der Waals surface area contributed by atoms with Gasteiger partial charge < -0.3 is 15.3 Å². The molecule has 5 heteroatoms. The van der Waals surface area contributed by atoms with Gasteiger partial charge in [-0.25, -0.2) is 4.79 Å². The van der Waals surface area contributed by atoms with E-state index in [0.717, 1.165) is 0 Å². The van der Waals surface area contributed by atoms with E-state index in [9.17, 15) is 9.90 Å². The minimum absolute atomic E-state index is 0.0260. The second-order valence-electron chi connectivity index (χ2n) is 2.44. The molecule has 1 rings (SSSR count). The molecular weight excluding hydrogens is 240 g/mol. The van der Waals surface area contributed by atoms with Crippen molar-refractivity contribution in [2.45, 2.75) is 6.10 Å². The first-order valence-electron chi connectivity index (χ1n) is 3.41. The maximum Gasteiger partial charge on any atom is 0.337 e. The van der Waals surface area contributed by atoms with Crippen molar-refractivity contribution in [1.82, 2.24) is 0 Å². The zero-order valence-corrected chi connectivity index (χ0v) is 8.02. The third-order valence-corrected chi connectivity index (χ3v) is 2.01. The van der Waals surface area contributed by atoms with Crippen LogP contribution in [0.2, 0.25) is 0 Å². The first kappa shape index (κ1) is 10.0. The van der Waals surface area contributed by atoms with Crippen LogP contribution in [0.25, 0.3) is 0 Å². The normalized spacial score (nSPS) is 12.5. The van der Waals surface area contributed by atoms with Crippen LogP contribution in [-0.2, 0) is 4.79 Å². The van der Waals surface area contributed by atoms with E-state index >= 15 is 0 Å². The second kappa shape index (κ2) is 3.76. The standard InChI is InChI=1S/C8H7BrO4/c9-4-1-2-6(10)5(3-4)7(11)8(12)13/h1-3,7,10-11H,(H,12,13). The van der Waals surface area contributed by atoms with Gasteiger partial charge in [0.2, 0.25) is 0 Å². The highest BCUT2D eigenvalue weighted by Crippen LogP contribution is 2.27. The average molecular weight is 247 g/mol. The van der Waals surface area contributed by atoms with Gasteiger partial charge in [0.1, 0.15) is 5.75 Å². The van der Waals surface area contributed by atoms with Crippen LogP contribution in [0, 0.1) is 0 Å². The number of carboxylic acid groups (broad SMARTS) is 1. The lowest BCUT2D eigenvalue weighted by Gasteiger charge is -2.07. The molecule has 0 aliphatic heterocycles. The summed E-state index contributed by atoms with van der Waals surface area (Å²) in [5, 5.41) is 26.8. The number of aliphatic hydroxyl groups is 1. The van der Waals surface area contributed by atoms with Gasteiger partial charge in [-0.1, -0.05) is 15.9 Å². The van der Waals surface area contributed by atoms with E-state index in [1.807, 2.05) is 0 Å². The van der Waals surface area contributed by atoms with Crippen molar-refractivity contribution in [3.63, 3.8) is 0 Å². The molecule has 0 radical (unpaired) electrons. The molecule has 13 heavy (non-hydrogen) atoms. The summed E-state index contributed by atoms with van der Waals surface area (Å²) in [5.74, 6) is -1.63. The van der Waals surface area contributed by atoms with Gasteiger partial charge in [-0.3, -0.25) is 0 Å². The molecule has 0 saturated carbocycles. The molecule has 70 valence electrons. The number of aromatic hydroxyl groups is 1. The van der Waals surface area contributed by atoms with Crippen LogP contribution in [-0.4, -0.2) is 21.3 Å². The fourth-order valence-electron chi connectivity index (χ4n) is 0.877. The van der Waals surface area contributed by atoms with E-state index in [-0.39, 0.29) is 11.3 Å². The Kier molecular flexibility index (Phi) is 2.90. The van der Waals surface area contributed by atoms with Gasteiger partial charge in [-0.05, 0) is 18.2 Å². The number of halogens is 1. The number of aliphatic hydroxyl groups excluding tert-OH is 1. The lowest BCUT2D eigenvalue weighted by Crippen LogP contribution is -2.10. The molecule has 0 aliphatic rings. The summed E-state index contributed by atoms with van der Waals surface area (Å²) >= 11 is 3.10. The molecule has 1 aromatic rings. The van der Waals surface area contributed by atoms with Crippen LogP contribution in [0.3, 0.4) is 0 Å². The van der Waals surface area contributed by atoms with Crippen molar-refractivity contribution in [3.8, 4) is 5.75 Å². The largest absolute Gasteiger partial charge is 0.508 e. The second-order valence-corrected chi connectivity index (χ2v) is 3.36. The molecular formula is C8H7BrO4. The molecule has 0 aliphatic carbocycles. The predicted molar refractivity (Wildman–Crippen MR) is 48.4 cm³/mol. The molecule has 0 amide bonds. The Morgan fingerprint density at radius 2 is 2.08 bits per heavy atom. The van der Waals surface area contributed by atoms with Crippen molar-refractivity contribution in [2.24, 2.45) is 0 Å². The molecule has 1 atom stereocenters. The van der Waals surface area contributed by atoms with Gasteiger partial charge in [0.15, 0.2) is 6.10 Å². The first-order valence-corrected chi connectivity index (χ1v) is 4.21. The Balaban J connectivity index is 3.12. The van der Waals surface area contributed by atoms with Gasteiger partial charge in [0.25, 0.3) is 0 Å². The van der Waals surface area contributed by atoms with E-state index < -0.39 is 12.1 Å². The number of phenolic OH excluding ortho intramolecular Hbond substituents is 1. The summed E-state index contributed by atoms with van der Waals surface area (Å²) in [5.41, 5.74) is -0.0260. The number of benzene rings is 1.